The fraction of sp³-hybridized carbons (Fsp3) is 0.706. The summed E-state index contributed by atoms with van der Waals surface area (Å²) in [6.45, 7) is 4.90. The zero-order valence-electron chi connectivity index (χ0n) is 13.6. The van der Waals surface area contributed by atoms with Gasteiger partial charge in [-0.25, -0.2) is 9.97 Å². The molecule has 1 aromatic heterocycles. The lowest BCUT2D eigenvalue weighted by Crippen LogP contribution is -2.49. The topological polar surface area (TPSA) is 61.4 Å². The average Bonchev–Trinajstić information content (AvgIpc) is 3.06. The van der Waals surface area contributed by atoms with Gasteiger partial charge in [-0.3, -0.25) is 10.1 Å². The van der Waals surface area contributed by atoms with Crippen LogP contribution in [0.3, 0.4) is 0 Å². The molecule has 23 heavy (non-hydrogen) atoms. The Hall–Kier alpha value is -1.53. The van der Waals surface area contributed by atoms with E-state index in [2.05, 4.69) is 20.2 Å². The molecule has 4 heterocycles. The predicted molar refractivity (Wildman–Crippen MR) is 86.6 cm³/mol. The summed E-state index contributed by atoms with van der Waals surface area (Å²) < 4.78 is 0. The van der Waals surface area contributed by atoms with Gasteiger partial charge in [0.1, 0.15) is 12.4 Å². The minimum Gasteiger partial charge on any atom is -0.341 e. The van der Waals surface area contributed by atoms with E-state index in [1.807, 2.05) is 4.90 Å². The molecule has 0 spiro atoms. The molecule has 1 atom stereocenters. The number of fused-ring (bicyclic) bond motifs is 1. The second-order valence-electron chi connectivity index (χ2n) is 6.89. The Balaban J connectivity index is 1.36. The number of carbonyl (C=O) groups excluding carboxylic acids is 1. The van der Waals surface area contributed by atoms with Crippen molar-refractivity contribution in [2.45, 2.75) is 50.7 Å². The van der Waals surface area contributed by atoms with Crippen LogP contribution in [-0.4, -0.2) is 57.9 Å². The molecule has 1 N–H and O–H groups in total. The molecule has 2 saturated heterocycles. The quantitative estimate of drug-likeness (QED) is 0.885. The fourth-order valence-electron chi connectivity index (χ4n) is 4.20. The van der Waals surface area contributed by atoms with Crippen LogP contribution in [-0.2, 0) is 11.3 Å². The fourth-order valence-corrected chi connectivity index (χ4v) is 4.20. The molecule has 0 bridgehead atoms. The Morgan fingerprint density at radius 1 is 1.13 bits per heavy atom. The summed E-state index contributed by atoms with van der Waals surface area (Å²) in [6, 6.07) is 0.421. The van der Waals surface area contributed by atoms with Crippen molar-refractivity contribution in [1.82, 2.24) is 25.1 Å². The summed E-state index contributed by atoms with van der Waals surface area (Å²) in [6.07, 6.45) is 9.60. The molecular formula is C17H25N5O. The summed E-state index contributed by atoms with van der Waals surface area (Å²) in [5.41, 5.74) is 1.91. The Labute approximate surface area is 137 Å². The first kappa shape index (κ1) is 15.0. The number of hydrogen-bond acceptors (Lipinski definition) is 5. The van der Waals surface area contributed by atoms with Gasteiger partial charge >= 0.3 is 0 Å². The lowest BCUT2D eigenvalue weighted by Gasteiger charge is -2.40. The third kappa shape index (κ3) is 2.97. The van der Waals surface area contributed by atoms with Gasteiger partial charge in [-0.15, -0.1) is 0 Å². The van der Waals surface area contributed by atoms with Gasteiger partial charge in [0.25, 0.3) is 0 Å². The number of nitrogens with one attached hydrogen (secondary N) is 1. The number of nitrogens with zero attached hydrogens (tertiary/aromatic N) is 4. The summed E-state index contributed by atoms with van der Waals surface area (Å²) in [5, 5.41) is 3.29. The van der Waals surface area contributed by atoms with Crippen molar-refractivity contribution in [1.29, 1.82) is 0 Å². The zero-order chi connectivity index (χ0) is 15.6. The normalized spacial score (nSPS) is 26.3. The van der Waals surface area contributed by atoms with Gasteiger partial charge in [-0.2, -0.15) is 0 Å². The highest BCUT2D eigenvalue weighted by Gasteiger charge is 2.35. The van der Waals surface area contributed by atoms with Crippen LogP contribution < -0.4 is 5.32 Å². The molecule has 1 unspecified atom stereocenters. The molecular weight excluding hydrogens is 290 g/mol. The van der Waals surface area contributed by atoms with Crippen molar-refractivity contribution < 1.29 is 4.79 Å². The third-order valence-corrected chi connectivity index (χ3v) is 5.54. The second-order valence-corrected chi connectivity index (χ2v) is 6.89. The predicted octanol–water partition coefficient (Wildman–Crippen LogP) is 1.10. The molecule has 124 valence electrons. The molecule has 0 saturated carbocycles. The lowest BCUT2D eigenvalue weighted by molar-refractivity contribution is -0.135. The van der Waals surface area contributed by atoms with Crippen LogP contribution in [0.15, 0.2) is 12.5 Å². The van der Waals surface area contributed by atoms with Crippen LogP contribution in [0, 0.1) is 0 Å². The van der Waals surface area contributed by atoms with Crippen molar-refractivity contribution in [3.8, 4) is 0 Å². The van der Waals surface area contributed by atoms with Gasteiger partial charge in [0.2, 0.25) is 5.91 Å². The monoisotopic (exact) mass is 315 g/mol. The molecule has 1 amide bonds. The molecule has 0 aromatic carbocycles. The van der Waals surface area contributed by atoms with Gasteiger partial charge in [0.05, 0.1) is 5.69 Å². The number of likely N-dealkylation sites (tertiary alicyclic amines) is 2. The molecule has 0 radical (unpaired) electrons. The van der Waals surface area contributed by atoms with Crippen molar-refractivity contribution in [3.63, 3.8) is 0 Å². The van der Waals surface area contributed by atoms with Crippen molar-refractivity contribution >= 4 is 5.91 Å². The van der Waals surface area contributed by atoms with Gasteiger partial charge < -0.3 is 9.80 Å². The molecule has 4 rings (SSSR count). The van der Waals surface area contributed by atoms with Gasteiger partial charge in [0.15, 0.2) is 0 Å². The molecule has 2 fully saturated rings. The summed E-state index contributed by atoms with van der Waals surface area (Å²) in [7, 11) is 0. The highest BCUT2D eigenvalue weighted by Crippen LogP contribution is 2.27. The van der Waals surface area contributed by atoms with Crippen LogP contribution in [0.1, 0.15) is 49.4 Å². The van der Waals surface area contributed by atoms with Gasteiger partial charge in [-0.1, -0.05) is 6.42 Å². The minimum absolute atomic E-state index is 0.190. The van der Waals surface area contributed by atoms with Crippen molar-refractivity contribution in [2.24, 2.45) is 0 Å². The molecule has 3 aliphatic rings. The van der Waals surface area contributed by atoms with E-state index in [1.54, 1.807) is 12.5 Å². The highest BCUT2D eigenvalue weighted by atomic mass is 16.2. The van der Waals surface area contributed by atoms with E-state index in [-0.39, 0.29) is 11.9 Å². The van der Waals surface area contributed by atoms with Gasteiger partial charge in [-0.05, 0) is 38.8 Å². The van der Waals surface area contributed by atoms with E-state index < -0.39 is 0 Å². The first-order valence-corrected chi connectivity index (χ1v) is 8.88. The third-order valence-electron chi connectivity index (χ3n) is 5.54. The molecule has 6 heteroatoms. The molecule has 3 aliphatic heterocycles. The van der Waals surface area contributed by atoms with E-state index in [9.17, 15) is 4.79 Å². The van der Waals surface area contributed by atoms with Crippen LogP contribution in [0.4, 0.5) is 0 Å². The maximum atomic E-state index is 12.8. The van der Waals surface area contributed by atoms with Crippen LogP contribution in [0.2, 0.25) is 0 Å². The standard InChI is InChI=1S/C17H25N5O/c23-17(16-14-10-18-12-20-15(14)11-19-16)22-8-4-13(5-9-22)21-6-2-1-3-7-21/h10,12-13,16,19H,1-9,11H2. The van der Waals surface area contributed by atoms with Gasteiger partial charge in [0, 0.05) is 37.4 Å². The maximum Gasteiger partial charge on any atom is 0.244 e. The number of rotatable bonds is 2. The minimum atomic E-state index is -0.252. The Morgan fingerprint density at radius 3 is 2.70 bits per heavy atom. The maximum absolute atomic E-state index is 12.8. The number of aromatic nitrogens is 2. The Bertz CT molecular complexity index is 564. The van der Waals surface area contributed by atoms with E-state index in [1.165, 1.54) is 32.4 Å². The van der Waals surface area contributed by atoms with E-state index >= 15 is 0 Å². The Kier molecular flexibility index (Phi) is 4.27. The summed E-state index contributed by atoms with van der Waals surface area (Å²) >= 11 is 0. The number of carbonyl (C=O) groups is 1. The largest absolute Gasteiger partial charge is 0.341 e. The second kappa shape index (κ2) is 6.53. The smallest absolute Gasteiger partial charge is 0.244 e. The average molecular weight is 315 g/mol. The van der Waals surface area contributed by atoms with Crippen LogP contribution in [0.25, 0.3) is 0 Å². The van der Waals surface area contributed by atoms with Crippen LogP contribution >= 0.6 is 0 Å². The molecule has 1 aromatic rings. The first-order valence-electron chi connectivity index (χ1n) is 8.88. The van der Waals surface area contributed by atoms with E-state index in [4.69, 9.17) is 0 Å². The number of amides is 1. The summed E-state index contributed by atoms with van der Waals surface area (Å²) in [4.78, 5) is 25.8. The highest BCUT2D eigenvalue weighted by molar-refractivity contribution is 5.84. The SMILES string of the molecule is O=C(C1NCc2ncncc21)N1CCC(N2CCCCC2)CC1. The van der Waals surface area contributed by atoms with E-state index in [0.29, 0.717) is 12.6 Å². The van der Waals surface area contributed by atoms with Crippen LogP contribution in [0.5, 0.6) is 0 Å². The number of hydrogen-bond donors (Lipinski definition) is 1. The molecule has 6 nitrogen and oxygen atoms in total. The van der Waals surface area contributed by atoms with E-state index in [0.717, 1.165) is 37.2 Å². The zero-order valence-corrected chi connectivity index (χ0v) is 13.6. The van der Waals surface area contributed by atoms with Crippen molar-refractivity contribution in [3.05, 3.63) is 23.8 Å². The Morgan fingerprint density at radius 2 is 1.91 bits per heavy atom. The molecule has 0 aliphatic carbocycles. The number of piperidine rings is 2. The van der Waals surface area contributed by atoms with Crippen molar-refractivity contribution in [2.75, 3.05) is 26.2 Å². The first-order chi connectivity index (χ1) is 11.3. The lowest BCUT2D eigenvalue weighted by atomic mass is 9.99. The summed E-state index contributed by atoms with van der Waals surface area (Å²) in [5.74, 6) is 0.190.